The molecule has 1 amide bonds. The number of ether oxygens (including phenoxy) is 1. The van der Waals surface area contributed by atoms with E-state index in [2.05, 4.69) is 10.3 Å². The van der Waals surface area contributed by atoms with Crippen LogP contribution < -0.4 is 10.1 Å². The van der Waals surface area contributed by atoms with Gasteiger partial charge in [0.2, 0.25) is 0 Å². The Balaban J connectivity index is 1.41. The molecule has 1 N–H and O–H groups in total. The smallest absolute Gasteiger partial charge is 0.258 e. The first-order valence-electron chi connectivity index (χ1n) is 9.22. The van der Waals surface area contributed by atoms with Crippen LogP contribution in [0.5, 0.6) is 5.75 Å². The SMILES string of the molecule is O=C(COc1ccc(F)cc1)NCCn1c(-c2ccccc2)nc2cccnc21. The van der Waals surface area contributed by atoms with Crippen molar-refractivity contribution in [1.82, 2.24) is 19.9 Å². The molecule has 0 saturated carbocycles. The second-order valence-electron chi connectivity index (χ2n) is 6.39. The van der Waals surface area contributed by atoms with Gasteiger partial charge in [0, 0.05) is 24.8 Å². The molecule has 2 aromatic carbocycles. The maximum atomic E-state index is 12.9. The standard InChI is InChI=1S/C22H19FN4O2/c23-17-8-10-18(11-9-17)29-15-20(28)24-13-14-27-21(16-5-2-1-3-6-16)26-19-7-4-12-25-22(19)27/h1-12H,13-15H2,(H,24,28). The molecule has 146 valence electrons. The zero-order chi connectivity index (χ0) is 20.1. The second-order valence-corrected chi connectivity index (χ2v) is 6.39. The molecular weight excluding hydrogens is 371 g/mol. The fourth-order valence-electron chi connectivity index (χ4n) is 3.02. The summed E-state index contributed by atoms with van der Waals surface area (Å²) in [5, 5.41) is 2.83. The van der Waals surface area contributed by atoms with Gasteiger partial charge in [0.25, 0.3) is 5.91 Å². The van der Waals surface area contributed by atoms with Gasteiger partial charge in [-0.05, 0) is 36.4 Å². The number of imidazole rings is 1. The molecule has 0 bridgehead atoms. The third-order valence-electron chi connectivity index (χ3n) is 4.38. The first-order chi connectivity index (χ1) is 14.2. The van der Waals surface area contributed by atoms with Crippen LogP contribution in [0.25, 0.3) is 22.6 Å². The van der Waals surface area contributed by atoms with E-state index in [1.165, 1.54) is 24.3 Å². The summed E-state index contributed by atoms with van der Waals surface area (Å²) in [4.78, 5) is 21.2. The fourth-order valence-corrected chi connectivity index (χ4v) is 3.02. The predicted molar refractivity (Wildman–Crippen MR) is 108 cm³/mol. The van der Waals surface area contributed by atoms with Gasteiger partial charge in [0.15, 0.2) is 12.3 Å². The number of fused-ring (bicyclic) bond motifs is 1. The van der Waals surface area contributed by atoms with E-state index in [4.69, 9.17) is 9.72 Å². The minimum Gasteiger partial charge on any atom is -0.484 e. The van der Waals surface area contributed by atoms with Crippen LogP contribution in [0.2, 0.25) is 0 Å². The van der Waals surface area contributed by atoms with Gasteiger partial charge in [-0.1, -0.05) is 30.3 Å². The molecule has 4 rings (SSSR count). The Labute approximate surface area is 167 Å². The van der Waals surface area contributed by atoms with Gasteiger partial charge < -0.3 is 14.6 Å². The van der Waals surface area contributed by atoms with Gasteiger partial charge in [0.05, 0.1) is 0 Å². The number of carbonyl (C=O) groups is 1. The largest absolute Gasteiger partial charge is 0.484 e. The molecule has 4 aromatic rings. The molecule has 0 aliphatic heterocycles. The molecule has 0 aliphatic carbocycles. The Morgan fingerprint density at radius 2 is 1.83 bits per heavy atom. The molecule has 6 nitrogen and oxygen atoms in total. The van der Waals surface area contributed by atoms with E-state index in [0.29, 0.717) is 18.8 Å². The van der Waals surface area contributed by atoms with E-state index in [1.54, 1.807) is 6.20 Å². The number of nitrogens with one attached hydrogen (secondary N) is 1. The van der Waals surface area contributed by atoms with Crippen LogP contribution in [-0.2, 0) is 11.3 Å². The van der Waals surface area contributed by atoms with Crippen LogP contribution >= 0.6 is 0 Å². The summed E-state index contributed by atoms with van der Waals surface area (Å²) in [6.07, 6.45) is 1.73. The minimum absolute atomic E-state index is 0.139. The Morgan fingerprint density at radius 1 is 1.03 bits per heavy atom. The summed E-state index contributed by atoms with van der Waals surface area (Å²) in [5.41, 5.74) is 2.55. The van der Waals surface area contributed by atoms with Gasteiger partial charge in [-0.15, -0.1) is 0 Å². The van der Waals surface area contributed by atoms with Crippen molar-refractivity contribution >= 4 is 17.1 Å². The Kier molecular flexibility index (Phi) is 5.47. The van der Waals surface area contributed by atoms with Crippen molar-refractivity contribution in [1.29, 1.82) is 0 Å². The monoisotopic (exact) mass is 390 g/mol. The third-order valence-corrected chi connectivity index (χ3v) is 4.38. The lowest BCUT2D eigenvalue weighted by molar-refractivity contribution is -0.123. The van der Waals surface area contributed by atoms with Crippen molar-refractivity contribution < 1.29 is 13.9 Å². The Bertz CT molecular complexity index is 1110. The number of aromatic nitrogens is 3. The van der Waals surface area contributed by atoms with Crippen molar-refractivity contribution in [2.24, 2.45) is 0 Å². The van der Waals surface area contributed by atoms with Crippen molar-refractivity contribution in [3.05, 3.63) is 78.7 Å². The molecule has 0 atom stereocenters. The number of rotatable bonds is 7. The maximum absolute atomic E-state index is 12.9. The number of hydrogen-bond donors (Lipinski definition) is 1. The van der Waals surface area contributed by atoms with Crippen LogP contribution in [0.4, 0.5) is 4.39 Å². The molecule has 7 heteroatoms. The number of hydrogen-bond acceptors (Lipinski definition) is 4. The second kappa shape index (κ2) is 8.52. The summed E-state index contributed by atoms with van der Waals surface area (Å²) < 4.78 is 20.3. The van der Waals surface area contributed by atoms with E-state index < -0.39 is 0 Å². The first kappa shape index (κ1) is 18.6. The van der Waals surface area contributed by atoms with Crippen LogP contribution in [0.15, 0.2) is 72.9 Å². The predicted octanol–water partition coefficient (Wildman–Crippen LogP) is 3.43. The third kappa shape index (κ3) is 4.40. The minimum atomic E-state index is -0.350. The van der Waals surface area contributed by atoms with Crippen LogP contribution in [0.1, 0.15) is 0 Å². The van der Waals surface area contributed by atoms with Gasteiger partial charge >= 0.3 is 0 Å². The van der Waals surface area contributed by atoms with Gasteiger partial charge in [-0.3, -0.25) is 4.79 Å². The summed E-state index contributed by atoms with van der Waals surface area (Å²) >= 11 is 0. The summed E-state index contributed by atoms with van der Waals surface area (Å²) in [5.74, 6) is 0.638. The number of nitrogens with zero attached hydrogens (tertiary/aromatic N) is 3. The Hall–Kier alpha value is -3.74. The van der Waals surface area contributed by atoms with E-state index in [-0.39, 0.29) is 18.3 Å². The van der Waals surface area contributed by atoms with Crippen LogP contribution in [0.3, 0.4) is 0 Å². The van der Waals surface area contributed by atoms with E-state index >= 15 is 0 Å². The molecule has 0 saturated heterocycles. The first-order valence-corrected chi connectivity index (χ1v) is 9.22. The summed E-state index contributed by atoms with van der Waals surface area (Å²) in [7, 11) is 0. The van der Waals surface area contributed by atoms with Gasteiger partial charge in [0.1, 0.15) is 22.9 Å². The molecule has 0 unspecified atom stereocenters. The summed E-state index contributed by atoms with van der Waals surface area (Å²) in [6, 6.07) is 19.2. The topological polar surface area (TPSA) is 69.0 Å². The molecule has 29 heavy (non-hydrogen) atoms. The van der Waals surface area contributed by atoms with E-state index in [0.717, 1.165) is 22.6 Å². The normalized spacial score (nSPS) is 10.8. The highest BCUT2D eigenvalue weighted by Gasteiger charge is 2.13. The van der Waals surface area contributed by atoms with Gasteiger partial charge in [-0.2, -0.15) is 0 Å². The van der Waals surface area contributed by atoms with Crippen LogP contribution in [0, 0.1) is 5.82 Å². The lowest BCUT2D eigenvalue weighted by Gasteiger charge is -2.11. The molecule has 0 spiro atoms. The molecule has 0 fully saturated rings. The number of amides is 1. The maximum Gasteiger partial charge on any atom is 0.258 e. The highest BCUT2D eigenvalue weighted by Crippen LogP contribution is 2.23. The molecule has 2 aromatic heterocycles. The zero-order valence-electron chi connectivity index (χ0n) is 15.6. The lowest BCUT2D eigenvalue weighted by atomic mass is 10.2. The lowest BCUT2D eigenvalue weighted by Crippen LogP contribution is -2.31. The average molecular weight is 390 g/mol. The van der Waals surface area contributed by atoms with Crippen LogP contribution in [-0.4, -0.2) is 33.6 Å². The number of halogens is 1. The fraction of sp³-hybridized carbons (Fsp3) is 0.136. The quantitative estimate of drug-likeness (QED) is 0.525. The Morgan fingerprint density at radius 3 is 2.62 bits per heavy atom. The van der Waals surface area contributed by atoms with E-state index in [1.807, 2.05) is 47.0 Å². The molecule has 0 aliphatic rings. The molecule has 2 heterocycles. The number of benzene rings is 2. The molecular formula is C22H19FN4O2. The number of carbonyl (C=O) groups excluding carboxylic acids is 1. The number of pyridine rings is 1. The van der Waals surface area contributed by atoms with E-state index in [9.17, 15) is 9.18 Å². The van der Waals surface area contributed by atoms with Crippen molar-refractivity contribution in [2.45, 2.75) is 6.54 Å². The average Bonchev–Trinajstić information content (AvgIpc) is 3.13. The molecule has 0 radical (unpaired) electrons. The summed E-state index contributed by atoms with van der Waals surface area (Å²) in [6.45, 7) is 0.771. The highest BCUT2D eigenvalue weighted by molar-refractivity contribution is 5.78. The highest BCUT2D eigenvalue weighted by atomic mass is 19.1. The zero-order valence-corrected chi connectivity index (χ0v) is 15.6. The van der Waals surface area contributed by atoms with Crippen molar-refractivity contribution in [3.63, 3.8) is 0 Å². The van der Waals surface area contributed by atoms with Gasteiger partial charge in [-0.25, -0.2) is 14.4 Å². The van der Waals surface area contributed by atoms with Crippen molar-refractivity contribution in [3.8, 4) is 17.1 Å². The van der Waals surface area contributed by atoms with Crippen molar-refractivity contribution in [2.75, 3.05) is 13.2 Å².